The van der Waals surface area contributed by atoms with Gasteiger partial charge in [-0.05, 0) is 25.0 Å². The Kier molecular flexibility index (Phi) is 5.35. The maximum atomic E-state index is 11.5. The van der Waals surface area contributed by atoms with E-state index >= 15 is 0 Å². The third-order valence-electron chi connectivity index (χ3n) is 3.62. The Morgan fingerprint density at radius 2 is 1.95 bits per heavy atom. The van der Waals surface area contributed by atoms with Crippen LogP contribution in [0.4, 0.5) is 0 Å². The highest BCUT2D eigenvalue weighted by Crippen LogP contribution is 2.34. The lowest BCUT2D eigenvalue weighted by atomic mass is 9.83. The highest BCUT2D eigenvalue weighted by Gasteiger charge is 2.37. The van der Waals surface area contributed by atoms with Crippen LogP contribution in [0.2, 0.25) is 0 Å². The second-order valence-corrected chi connectivity index (χ2v) is 8.04. The lowest BCUT2D eigenvalue weighted by Crippen LogP contribution is -2.40. The zero-order valence-electron chi connectivity index (χ0n) is 11.9. The summed E-state index contributed by atoms with van der Waals surface area (Å²) < 4.78 is 39.2. The van der Waals surface area contributed by atoms with Crippen molar-refractivity contribution in [3.63, 3.8) is 0 Å². The number of hydrogen-bond acceptors (Lipinski definition) is 5. The molecule has 0 saturated carbocycles. The summed E-state index contributed by atoms with van der Waals surface area (Å²) in [6.45, 7) is 1.33. The van der Waals surface area contributed by atoms with Gasteiger partial charge in [-0.3, -0.25) is 0 Å². The summed E-state index contributed by atoms with van der Waals surface area (Å²) in [5.74, 6) is 1.24. The van der Waals surface area contributed by atoms with E-state index in [0.29, 0.717) is 37.6 Å². The van der Waals surface area contributed by atoms with Crippen molar-refractivity contribution in [2.24, 2.45) is 5.41 Å². The molecule has 0 radical (unpaired) electrons. The molecule has 1 saturated heterocycles. The standard InChI is InChI=1S/C14H19ClO5S/c1-18-12-3-2-4-13(9-12)20-10-14(11-21(15,16)17)5-7-19-8-6-14/h2-4,9H,5-8,10-11H2,1H3. The van der Waals surface area contributed by atoms with Crippen molar-refractivity contribution in [3.8, 4) is 11.5 Å². The molecule has 1 aliphatic heterocycles. The van der Waals surface area contributed by atoms with E-state index in [1.165, 1.54) is 0 Å². The van der Waals surface area contributed by atoms with Gasteiger partial charge in [0.2, 0.25) is 9.05 Å². The summed E-state index contributed by atoms with van der Waals surface area (Å²) >= 11 is 0. The van der Waals surface area contributed by atoms with E-state index in [9.17, 15) is 8.42 Å². The molecule has 0 bridgehead atoms. The molecule has 1 heterocycles. The highest BCUT2D eigenvalue weighted by molar-refractivity contribution is 8.13. The van der Waals surface area contributed by atoms with E-state index < -0.39 is 14.5 Å². The molecule has 1 aromatic carbocycles. The molecule has 0 N–H and O–H groups in total. The van der Waals surface area contributed by atoms with Gasteiger partial charge < -0.3 is 14.2 Å². The maximum absolute atomic E-state index is 11.5. The third-order valence-corrected chi connectivity index (χ3v) is 4.90. The second kappa shape index (κ2) is 6.85. The smallest absolute Gasteiger partial charge is 0.233 e. The first-order valence-electron chi connectivity index (χ1n) is 6.69. The van der Waals surface area contributed by atoms with Crippen LogP contribution in [0.3, 0.4) is 0 Å². The van der Waals surface area contributed by atoms with E-state index in [4.69, 9.17) is 24.9 Å². The molecular formula is C14H19ClO5S. The molecule has 5 nitrogen and oxygen atoms in total. The molecule has 0 aromatic heterocycles. The molecule has 2 rings (SSSR count). The van der Waals surface area contributed by atoms with Crippen molar-refractivity contribution in [3.05, 3.63) is 24.3 Å². The van der Waals surface area contributed by atoms with E-state index in [1.807, 2.05) is 18.2 Å². The summed E-state index contributed by atoms with van der Waals surface area (Å²) in [7, 11) is 3.44. The molecule has 0 unspecified atom stereocenters. The summed E-state index contributed by atoms with van der Waals surface area (Å²) in [4.78, 5) is 0. The van der Waals surface area contributed by atoms with Crippen molar-refractivity contribution in [2.45, 2.75) is 12.8 Å². The molecule has 0 atom stereocenters. The largest absolute Gasteiger partial charge is 0.497 e. The predicted molar refractivity (Wildman–Crippen MR) is 80.6 cm³/mol. The number of methoxy groups -OCH3 is 1. The fraction of sp³-hybridized carbons (Fsp3) is 0.571. The van der Waals surface area contributed by atoms with Crippen LogP contribution in [0, 0.1) is 5.41 Å². The van der Waals surface area contributed by atoms with Crippen molar-refractivity contribution >= 4 is 19.7 Å². The first kappa shape index (κ1) is 16.4. The quantitative estimate of drug-likeness (QED) is 0.748. The molecule has 1 aromatic rings. The number of halogens is 1. The van der Waals surface area contributed by atoms with Crippen LogP contribution in [-0.2, 0) is 13.8 Å². The zero-order chi connectivity index (χ0) is 15.3. The lowest BCUT2D eigenvalue weighted by Gasteiger charge is -2.35. The lowest BCUT2D eigenvalue weighted by molar-refractivity contribution is 0.00224. The molecule has 21 heavy (non-hydrogen) atoms. The van der Waals surface area contributed by atoms with Crippen LogP contribution in [-0.4, -0.2) is 41.1 Å². The monoisotopic (exact) mass is 334 g/mol. The molecule has 1 aliphatic rings. The van der Waals surface area contributed by atoms with Crippen molar-refractivity contribution in [2.75, 3.05) is 32.7 Å². The van der Waals surface area contributed by atoms with Crippen LogP contribution in [0.1, 0.15) is 12.8 Å². The van der Waals surface area contributed by atoms with Gasteiger partial charge in [0.1, 0.15) is 11.5 Å². The van der Waals surface area contributed by atoms with Gasteiger partial charge in [-0.1, -0.05) is 6.07 Å². The Morgan fingerprint density at radius 3 is 2.57 bits per heavy atom. The minimum atomic E-state index is -3.59. The van der Waals surface area contributed by atoms with Crippen LogP contribution in [0.15, 0.2) is 24.3 Å². The Labute approximate surface area is 129 Å². The molecule has 1 fully saturated rings. The van der Waals surface area contributed by atoms with Crippen molar-refractivity contribution in [1.82, 2.24) is 0 Å². The summed E-state index contributed by atoms with van der Waals surface area (Å²) in [6, 6.07) is 7.22. The number of benzene rings is 1. The van der Waals surface area contributed by atoms with Crippen LogP contribution < -0.4 is 9.47 Å². The van der Waals surface area contributed by atoms with Crippen LogP contribution in [0.5, 0.6) is 11.5 Å². The van der Waals surface area contributed by atoms with Crippen molar-refractivity contribution in [1.29, 1.82) is 0 Å². The molecule has 0 amide bonds. The van der Waals surface area contributed by atoms with Gasteiger partial charge in [-0.2, -0.15) is 0 Å². The molecular weight excluding hydrogens is 316 g/mol. The van der Waals surface area contributed by atoms with Gasteiger partial charge in [0.15, 0.2) is 0 Å². The maximum Gasteiger partial charge on any atom is 0.233 e. The van der Waals surface area contributed by atoms with E-state index in [-0.39, 0.29) is 12.4 Å². The number of rotatable bonds is 6. The SMILES string of the molecule is COc1cccc(OCC2(CS(=O)(=O)Cl)CCOCC2)c1. The fourth-order valence-corrected chi connectivity index (χ4v) is 4.23. The first-order valence-corrected chi connectivity index (χ1v) is 9.17. The topological polar surface area (TPSA) is 61.8 Å². The van der Waals surface area contributed by atoms with E-state index in [2.05, 4.69) is 0 Å². The second-order valence-electron chi connectivity index (χ2n) is 5.26. The Bertz CT molecular complexity index is 566. The number of ether oxygens (including phenoxy) is 3. The van der Waals surface area contributed by atoms with Gasteiger partial charge in [0.05, 0.1) is 19.5 Å². The van der Waals surface area contributed by atoms with Crippen LogP contribution >= 0.6 is 10.7 Å². The first-order chi connectivity index (χ1) is 9.92. The van der Waals surface area contributed by atoms with Crippen molar-refractivity contribution < 1.29 is 22.6 Å². The van der Waals surface area contributed by atoms with Gasteiger partial charge in [0, 0.05) is 35.4 Å². The molecule has 0 aliphatic carbocycles. The average Bonchev–Trinajstić information content (AvgIpc) is 2.45. The van der Waals surface area contributed by atoms with E-state index in [1.54, 1.807) is 13.2 Å². The predicted octanol–water partition coefficient (Wildman–Crippen LogP) is 2.44. The molecule has 0 spiro atoms. The summed E-state index contributed by atoms with van der Waals surface area (Å²) in [6.07, 6.45) is 1.23. The Balaban J connectivity index is 2.08. The van der Waals surface area contributed by atoms with Crippen LogP contribution in [0.25, 0.3) is 0 Å². The minimum absolute atomic E-state index is 0.102. The fourth-order valence-electron chi connectivity index (χ4n) is 2.43. The average molecular weight is 335 g/mol. The molecule has 118 valence electrons. The van der Waals surface area contributed by atoms with Gasteiger partial charge in [-0.15, -0.1) is 0 Å². The Morgan fingerprint density at radius 1 is 1.29 bits per heavy atom. The zero-order valence-corrected chi connectivity index (χ0v) is 13.5. The summed E-state index contributed by atoms with van der Waals surface area (Å²) in [5, 5.41) is 0. The highest BCUT2D eigenvalue weighted by atomic mass is 35.7. The number of hydrogen-bond donors (Lipinski definition) is 0. The minimum Gasteiger partial charge on any atom is -0.497 e. The summed E-state index contributed by atoms with van der Waals surface area (Å²) in [5.41, 5.74) is -0.498. The third kappa shape index (κ3) is 5.05. The van der Waals surface area contributed by atoms with Gasteiger partial charge >= 0.3 is 0 Å². The van der Waals surface area contributed by atoms with Gasteiger partial charge in [-0.25, -0.2) is 8.42 Å². The van der Waals surface area contributed by atoms with Gasteiger partial charge in [0.25, 0.3) is 0 Å². The Hall–Kier alpha value is -0.980. The van der Waals surface area contributed by atoms with E-state index in [0.717, 1.165) is 0 Å². The molecule has 7 heteroatoms. The normalized spacial score (nSPS) is 18.2.